The van der Waals surface area contributed by atoms with Gasteiger partial charge in [0, 0.05) is 30.2 Å². The molecule has 1 saturated carbocycles. The van der Waals surface area contributed by atoms with Crippen LogP contribution in [0.25, 0.3) is 10.9 Å². The van der Waals surface area contributed by atoms with Gasteiger partial charge in [0.15, 0.2) is 0 Å². The number of urea groups is 1. The molecule has 1 aliphatic carbocycles. The molecule has 0 bridgehead atoms. The monoisotopic (exact) mass is 529 g/mol. The maximum Gasteiger partial charge on any atom is 0.318 e. The van der Waals surface area contributed by atoms with Crippen molar-refractivity contribution in [2.45, 2.75) is 37.8 Å². The molecule has 1 aromatic heterocycles. The van der Waals surface area contributed by atoms with E-state index in [1.54, 1.807) is 6.07 Å². The number of aromatic nitrogens is 2. The number of amides is 2. The molecule has 1 saturated heterocycles. The van der Waals surface area contributed by atoms with E-state index in [0.717, 1.165) is 31.1 Å². The first-order valence-corrected chi connectivity index (χ1v) is 12.7. The highest BCUT2D eigenvalue weighted by Gasteiger charge is 2.26. The minimum atomic E-state index is -0.497. The second kappa shape index (κ2) is 11.4. The third-order valence-electron chi connectivity index (χ3n) is 6.61. The van der Waals surface area contributed by atoms with Crippen LogP contribution < -0.4 is 20.1 Å². The summed E-state index contributed by atoms with van der Waals surface area (Å²) in [6, 6.07) is 10.3. The van der Waals surface area contributed by atoms with Crippen LogP contribution in [0.1, 0.15) is 25.7 Å². The number of nitrogens with zero attached hydrogens (tertiary/aromatic N) is 3. The van der Waals surface area contributed by atoms with Gasteiger partial charge in [0.05, 0.1) is 37.0 Å². The Bertz CT molecular complexity index is 1270. The fourth-order valence-electron chi connectivity index (χ4n) is 4.61. The quantitative estimate of drug-likeness (QED) is 0.468. The number of halogens is 2. The highest BCUT2D eigenvalue weighted by Crippen LogP contribution is 2.32. The predicted molar refractivity (Wildman–Crippen MR) is 138 cm³/mol. The zero-order valence-corrected chi connectivity index (χ0v) is 21.3. The fourth-order valence-corrected chi connectivity index (χ4v) is 4.79. The van der Waals surface area contributed by atoms with Crippen LogP contribution in [0.5, 0.6) is 11.8 Å². The number of nitrogens with one attached hydrogen (secondary N) is 2. The Morgan fingerprint density at radius 1 is 1.11 bits per heavy atom. The molecule has 5 rings (SSSR count). The van der Waals surface area contributed by atoms with E-state index in [2.05, 4.69) is 20.6 Å². The molecule has 2 aliphatic rings. The molecule has 9 nitrogen and oxygen atoms in total. The molecule has 2 N–H and O–H groups in total. The van der Waals surface area contributed by atoms with Gasteiger partial charge in [0.2, 0.25) is 0 Å². The van der Waals surface area contributed by atoms with E-state index < -0.39 is 5.82 Å². The number of carbonyl (C=O) groups excluding carboxylic acids is 1. The third-order valence-corrected chi connectivity index (χ3v) is 6.90. The number of benzene rings is 2. The van der Waals surface area contributed by atoms with Crippen LogP contribution in [0.2, 0.25) is 5.02 Å². The summed E-state index contributed by atoms with van der Waals surface area (Å²) in [5.41, 5.74) is 1.25. The van der Waals surface area contributed by atoms with Crippen molar-refractivity contribution < 1.29 is 23.4 Å². The highest BCUT2D eigenvalue weighted by molar-refractivity contribution is 6.31. The second-order valence-electron chi connectivity index (χ2n) is 9.13. The van der Waals surface area contributed by atoms with E-state index >= 15 is 0 Å². The van der Waals surface area contributed by atoms with Crippen LogP contribution in [0, 0.1) is 5.82 Å². The summed E-state index contributed by atoms with van der Waals surface area (Å²) in [7, 11) is 1.50. The van der Waals surface area contributed by atoms with Gasteiger partial charge in [-0.1, -0.05) is 11.6 Å². The molecule has 0 unspecified atom stereocenters. The van der Waals surface area contributed by atoms with Gasteiger partial charge in [-0.15, -0.1) is 0 Å². The molecule has 0 atom stereocenters. The van der Waals surface area contributed by atoms with E-state index in [0.29, 0.717) is 49.1 Å². The number of anilines is 2. The van der Waals surface area contributed by atoms with E-state index in [4.69, 9.17) is 25.8 Å². The van der Waals surface area contributed by atoms with Gasteiger partial charge in [-0.3, -0.25) is 0 Å². The van der Waals surface area contributed by atoms with Crippen LogP contribution in [0.3, 0.4) is 0 Å². The summed E-state index contributed by atoms with van der Waals surface area (Å²) >= 11 is 5.95. The van der Waals surface area contributed by atoms with Gasteiger partial charge in [0.1, 0.15) is 17.4 Å². The van der Waals surface area contributed by atoms with Gasteiger partial charge < -0.3 is 29.7 Å². The largest absolute Gasteiger partial charge is 0.490 e. The van der Waals surface area contributed by atoms with Crippen molar-refractivity contribution >= 4 is 40.0 Å². The molecule has 37 heavy (non-hydrogen) atoms. The lowest BCUT2D eigenvalue weighted by molar-refractivity contribution is 0.0514. The zero-order chi connectivity index (χ0) is 25.8. The standard InChI is InChI=1S/C26H29ClFN5O4/c1-35-25-31-23-9-7-19(15-20(23)24(32-25)29-17-4-8-22(28)21(27)14-17)37-18-5-2-16(3-6-18)30-26(34)33-10-12-36-13-11-33/h4,7-9,14-16,18H,2-3,5-6,10-13H2,1H3,(H,30,34)(H,29,31,32). The molecular formula is C26H29ClFN5O4. The van der Waals surface area contributed by atoms with Crippen molar-refractivity contribution in [1.82, 2.24) is 20.2 Å². The first kappa shape index (κ1) is 25.3. The number of morpholine rings is 1. The Labute approximate surface area is 219 Å². The van der Waals surface area contributed by atoms with Gasteiger partial charge in [-0.25, -0.2) is 9.18 Å². The van der Waals surface area contributed by atoms with Gasteiger partial charge in [-0.2, -0.15) is 9.97 Å². The summed E-state index contributed by atoms with van der Waals surface area (Å²) in [5, 5.41) is 7.07. The molecular weight excluding hydrogens is 501 g/mol. The van der Waals surface area contributed by atoms with Crippen LogP contribution in [0.4, 0.5) is 20.7 Å². The fraction of sp³-hybridized carbons (Fsp3) is 0.423. The lowest BCUT2D eigenvalue weighted by Crippen LogP contribution is -2.50. The Morgan fingerprint density at radius 3 is 2.62 bits per heavy atom. The topological polar surface area (TPSA) is 97.8 Å². The Hall–Kier alpha value is -3.37. The summed E-state index contributed by atoms with van der Waals surface area (Å²) in [6.45, 7) is 2.44. The lowest BCUT2D eigenvalue weighted by Gasteiger charge is -2.33. The molecule has 196 valence electrons. The Balaban J connectivity index is 1.25. The van der Waals surface area contributed by atoms with Crippen molar-refractivity contribution in [1.29, 1.82) is 0 Å². The van der Waals surface area contributed by atoms with Crippen molar-refractivity contribution in [2.24, 2.45) is 0 Å². The number of hydrogen-bond acceptors (Lipinski definition) is 7. The van der Waals surface area contributed by atoms with Gasteiger partial charge in [-0.05, 0) is 62.1 Å². The number of rotatable bonds is 6. The molecule has 0 spiro atoms. The number of fused-ring (bicyclic) bond motifs is 1. The molecule has 2 fully saturated rings. The molecule has 11 heteroatoms. The normalized spacial score (nSPS) is 19.9. The van der Waals surface area contributed by atoms with E-state index in [-0.39, 0.29) is 29.2 Å². The van der Waals surface area contributed by atoms with Gasteiger partial charge in [0.25, 0.3) is 0 Å². The molecule has 2 amide bonds. The summed E-state index contributed by atoms with van der Waals surface area (Å²) in [4.78, 5) is 23.2. The van der Waals surface area contributed by atoms with E-state index in [1.807, 2.05) is 23.1 Å². The summed E-state index contributed by atoms with van der Waals surface area (Å²) in [6.07, 6.45) is 3.43. The zero-order valence-electron chi connectivity index (χ0n) is 20.5. The van der Waals surface area contributed by atoms with Crippen molar-refractivity contribution in [2.75, 3.05) is 38.7 Å². The van der Waals surface area contributed by atoms with Crippen LogP contribution in [0.15, 0.2) is 36.4 Å². The van der Waals surface area contributed by atoms with Crippen molar-refractivity contribution in [3.05, 3.63) is 47.2 Å². The van der Waals surface area contributed by atoms with Gasteiger partial charge >= 0.3 is 12.0 Å². The first-order valence-electron chi connectivity index (χ1n) is 12.4. The smallest absolute Gasteiger partial charge is 0.318 e. The highest BCUT2D eigenvalue weighted by atomic mass is 35.5. The molecule has 3 aromatic rings. The second-order valence-corrected chi connectivity index (χ2v) is 9.54. The molecule has 2 heterocycles. The Kier molecular flexibility index (Phi) is 7.76. The lowest BCUT2D eigenvalue weighted by atomic mass is 9.93. The average Bonchev–Trinajstić information content (AvgIpc) is 2.92. The molecule has 1 aliphatic heterocycles. The maximum atomic E-state index is 13.6. The minimum Gasteiger partial charge on any atom is -0.490 e. The SMILES string of the molecule is COc1nc(Nc2ccc(F)c(Cl)c2)c2cc(OC3CCC(NC(=O)N4CCOCC4)CC3)ccc2n1. The average molecular weight is 530 g/mol. The molecule has 2 aromatic carbocycles. The maximum absolute atomic E-state index is 13.6. The third kappa shape index (κ3) is 6.14. The predicted octanol–water partition coefficient (Wildman–Crippen LogP) is 4.91. The Morgan fingerprint density at radius 2 is 1.89 bits per heavy atom. The summed E-state index contributed by atoms with van der Waals surface area (Å²) < 4.78 is 30.5. The van der Waals surface area contributed by atoms with Crippen LogP contribution in [-0.4, -0.2) is 66.5 Å². The van der Waals surface area contributed by atoms with Crippen LogP contribution >= 0.6 is 11.6 Å². The van der Waals surface area contributed by atoms with Crippen molar-refractivity contribution in [3.8, 4) is 11.8 Å². The van der Waals surface area contributed by atoms with Crippen molar-refractivity contribution in [3.63, 3.8) is 0 Å². The number of carbonyl (C=O) groups is 1. The number of hydrogen-bond donors (Lipinski definition) is 2. The molecule has 0 radical (unpaired) electrons. The number of methoxy groups -OCH3 is 1. The van der Waals surface area contributed by atoms with Crippen LogP contribution in [-0.2, 0) is 4.74 Å². The first-order chi connectivity index (χ1) is 18.0. The number of ether oxygens (including phenoxy) is 3. The van der Waals surface area contributed by atoms with E-state index in [1.165, 1.54) is 19.2 Å². The minimum absolute atomic E-state index is 0.0103. The van der Waals surface area contributed by atoms with E-state index in [9.17, 15) is 9.18 Å². The summed E-state index contributed by atoms with van der Waals surface area (Å²) in [5.74, 6) is 0.690.